The first-order chi connectivity index (χ1) is 9.24. The lowest BCUT2D eigenvalue weighted by Gasteiger charge is -2.34. The molecule has 0 saturated carbocycles. The summed E-state index contributed by atoms with van der Waals surface area (Å²) in [6, 6.07) is 7.47. The maximum Gasteiger partial charge on any atom is 0.253 e. The lowest BCUT2D eigenvalue weighted by Crippen LogP contribution is -2.49. The normalized spacial score (nSPS) is 15.8. The Kier molecular flexibility index (Phi) is 6.95. The molecule has 1 fully saturated rings. The molecular weight excluding hydrogens is 278 g/mol. The standard InChI is InChI=1S/C14H21N3O2.ClH/c15-11-12-1-3-13(4-2-12)14(19)17-7-5-16(6-8-17)9-10-18;/h1-4,18H,5-11,15H2;1H. The van der Waals surface area contributed by atoms with Crippen LogP contribution in [0, 0.1) is 0 Å². The summed E-state index contributed by atoms with van der Waals surface area (Å²) in [7, 11) is 0. The van der Waals surface area contributed by atoms with Crippen molar-refractivity contribution >= 4 is 18.3 Å². The highest BCUT2D eigenvalue weighted by Gasteiger charge is 2.21. The molecule has 0 aliphatic carbocycles. The molecule has 0 radical (unpaired) electrons. The number of aliphatic hydroxyl groups is 1. The second kappa shape index (κ2) is 8.21. The van der Waals surface area contributed by atoms with Crippen molar-refractivity contribution in [3.8, 4) is 0 Å². The number of halogens is 1. The van der Waals surface area contributed by atoms with Crippen molar-refractivity contribution in [2.45, 2.75) is 6.54 Å². The minimum absolute atomic E-state index is 0. The SMILES string of the molecule is Cl.NCc1ccc(C(=O)N2CCN(CCO)CC2)cc1. The highest BCUT2D eigenvalue weighted by molar-refractivity contribution is 5.94. The maximum atomic E-state index is 12.3. The molecule has 20 heavy (non-hydrogen) atoms. The van der Waals surface area contributed by atoms with Gasteiger partial charge in [0.05, 0.1) is 6.61 Å². The molecule has 0 atom stereocenters. The van der Waals surface area contributed by atoms with Crippen molar-refractivity contribution in [2.24, 2.45) is 5.73 Å². The number of nitrogens with zero attached hydrogens (tertiary/aromatic N) is 2. The molecular formula is C14H22ClN3O2. The van der Waals surface area contributed by atoms with E-state index in [-0.39, 0.29) is 24.9 Å². The Morgan fingerprint density at radius 1 is 1.15 bits per heavy atom. The Balaban J connectivity index is 0.00000200. The predicted molar refractivity (Wildman–Crippen MR) is 81.0 cm³/mol. The molecule has 112 valence electrons. The number of aliphatic hydroxyl groups excluding tert-OH is 1. The Bertz CT molecular complexity index is 417. The van der Waals surface area contributed by atoms with Gasteiger partial charge in [-0.15, -0.1) is 12.4 Å². The number of hydrogen-bond acceptors (Lipinski definition) is 4. The number of hydrogen-bond donors (Lipinski definition) is 2. The first kappa shape index (κ1) is 16.9. The van der Waals surface area contributed by atoms with Crippen molar-refractivity contribution in [1.82, 2.24) is 9.80 Å². The molecule has 0 spiro atoms. The van der Waals surface area contributed by atoms with Gasteiger partial charge in [0.25, 0.3) is 5.91 Å². The lowest BCUT2D eigenvalue weighted by molar-refractivity contribution is 0.0615. The molecule has 1 heterocycles. The topological polar surface area (TPSA) is 69.8 Å². The van der Waals surface area contributed by atoms with Gasteiger partial charge in [-0.2, -0.15) is 0 Å². The molecule has 1 aliphatic rings. The van der Waals surface area contributed by atoms with Crippen LogP contribution in [0.3, 0.4) is 0 Å². The van der Waals surface area contributed by atoms with Gasteiger partial charge in [-0.05, 0) is 17.7 Å². The van der Waals surface area contributed by atoms with E-state index in [9.17, 15) is 4.79 Å². The van der Waals surface area contributed by atoms with Gasteiger partial charge in [0.1, 0.15) is 0 Å². The Morgan fingerprint density at radius 2 is 1.75 bits per heavy atom. The quantitative estimate of drug-likeness (QED) is 0.840. The van der Waals surface area contributed by atoms with E-state index in [0.29, 0.717) is 18.7 Å². The molecule has 3 N–H and O–H groups in total. The molecule has 2 rings (SSSR count). The molecule has 1 aliphatic heterocycles. The van der Waals surface area contributed by atoms with Crippen molar-refractivity contribution in [2.75, 3.05) is 39.3 Å². The summed E-state index contributed by atoms with van der Waals surface area (Å²) in [5.74, 6) is 0.0761. The second-order valence-corrected chi connectivity index (χ2v) is 4.76. The molecule has 0 bridgehead atoms. The van der Waals surface area contributed by atoms with E-state index in [1.165, 1.54) is 0 Å². The average Bonchev–Trinajstić information content (AvgIpc) is 2.48. The summed E-state index contributed by atoms with van der Waals surface area (Å²) >= 11 is 0. The van der Waals surface area contributed by atoms with E-state index >= 15 is 0 Å². The summed E-state index contributed by atoms with van der Waals surface area (Å²) in [5.41, 5.74) is 7.29. The van der Waals surface area contributed by atoms with E-state index in [1.807, 2.05) is 29.2 Å². The van der Waals surface area contributed by atoms with Crippen LogP contribution in [-0.4, -0.2) is 60.1 Å². The smallest absolute Gasteiger partial charge is 0.253 e. The second-order valence-electron chi connectivity index (χ2n) is 4.76. The maximum absolute atomic E-state index is 12.3. The molecule has 1 saturated heterocycles. The van der Waals surface area contributed by atoms with Gasteiger partial charge >= 0.3 is 0 Å². The Hall–Kier alpha value is -1.14. The molecule has 1 aromatic carbocycles. The van der Waals surface area contributed by atoms with E-state index in [4.69, 9.17) is 10.8 Å². The van der Waals surface area contributed by atoms with Crippen LogP contribution in [-0.2, 0) is 6.54 Å². The average molecular weight is 300 g/mol. The summed E-state index contributed by atoms with van der Waals surface area (Å²) in [6.07, 6.45) is 0. The molecule has 6 heteroatoms. The predicted octanol–water partition coefficient (Wildman–Crippen LogP) is 0.317. The number of nitrogens with two attached hydrogens (primary N) is 1. The van der Waals surface area contributed by atoms with E-state index in [2.05, 4.69) is 4.90 Å². The van der Waals surface area contributed by atoms with Crippen LogP contribution < -0.4 is 5.73 Å². The van der Waals surface area contributed by atoms with Gasteiger partial charge in [-0.25, -0.2) is 0 Å². The molecule has 5 nitrogen and oxygen atoms in total. The van der Waals surface area contributed by atoms with Crippen LogP contribution in [0.15, 0.2) is 24.3 Å². The van der Waals surface area contributed by atoms with Crippen molar-refractivity contribution < 1.29 is 9.90 Å². The Morgan fingerprint density at radius 3 is 2.25 bits per heavy atom. The van der Waals surface area contributed by atoms with E-state index in [1.54, 1.807) is 0 Å². The van der Waals surface area contributed by atoms with Crippen molar-refractivity contribution in [3.63, 3.8) is 0 Å². The van der Waals surface area contributed by atoms with Crippen LogP contribution in [0.2, 0.25) is 0 Å². The zero-order valence-electron chi connectivity index (χ0n) is 11.5. The van der Waals surface area contributed by atoms with Gasteiger partial charge in [0.2, 0.25) is 0 Å². The first-order valence-corrected chi connectivity index (χ1v) is 6.66. The largest absolute Gasteiger partial charge is 0.395 e. The number of piperazine rings is 1. The molecule has 0 aromatic heterocycles. The third kappa shape index (κ3) is 4.18. The monoisotopic (exact) mass is 299 g/mol. The highest BCUT2D eigenvalue weighted by Crippen LogP contribution is 2.10. The molecule has 0 unspecified atom stereocenters. The third-order valence-electron chi connectivity index (χ3n) is 3.51. The molecule has 1 aromatic rings. The van der Waals surface area contributed by atoms with Gasteiger partial charge in [0.15, 0.2) is 0 Å². The summed E-state index contributed by atoms with van der Waals surface area (Å²) in [6.45, 7) is 4.45. The van der Waals surface area contributed by atoms with Crippen molar-refractivity contribution in [1.29, 1.82) is 0 Å². The van der Waals surface area contributed by atoms with Gasteiger partial charge in [-0.1, -0.05) is 12.1 Å². The van der Waals surface area contributed by atoms with Gasteiger partial charge in [-0.3, -0.25) is 9.69 Å². The fourth-order valence-electron chi connectivity index (χ4n) is 2.28. The van der Waals surface area contributed by atoms with Crippen LogP contribution in [0.5, 0.6) is 0 Å². The number of β-amino-alcohol motifs (C(OH)–C–C–N with tert-alkyl or cyclic N) is 1. The minimum Gasteiger partial charge on any atom is -0.395 e. The van der Waals surface area contributed by atoms with Crippen LogP contribution in [0.4, 0.5) is 0 Å². The number of carbonyl (C=O) groups is 1. The number of benzene rings is 1. The first-order valence-electron chi connectivity index (χ1n) is 6.66. The van der Waals surface area contributed by atoms with Crippen molar-refractivity contribution in [3.05, 3.63) is 35.4 Å². The number of amides is 1. The number of carbonyl (C=O) groups excluding carboxylic acids is 1. The fraction of sp³-hybridized carbons (Fsp3) is 0.500. The van der Waals surface area contributed by atoms with E-state index in [0.717, 1.165) is 31.7 Å². The number of rotatable bonds is 4. The summed E-state index contributed by atoms with van der Waals surface area (Å²) < 4.78 is 0. The highest BCUT2D eigenvalue weighted by atomic mass is 35.5. The van der Waals surface area contributed by atoms with E-state index < -0.39 is 0 Å². The van der Waals surface area contributed by atoms with Crippen LogP contribution in [0.1, 0.15) is 15.9 Å². The third-order valence-corrected chi connectivity index (χ3v) is 3.51. The van der Waals surface area contributed by atoms with Crippen LogP contribution in [0.25, 0.3) is 0 Å². The summed E-state index contributed by atoms with van der Waals surface area (Å²) in [4.78, 5) is 16.3. The Labute approximate surface area is 125 Å². The van der Waals surface area contributed by atoms with Crippen LogP contribution >= 0.6 is 12.4 Å². The minimum atomic E-state index is 0. The lowest BCUT2D eigenvalue weighted by atomic mass is 10.1. The van der Waals surface area contributed by atoms with Gasteiger partial charge < -0.3 is 15.7 Å². The summed E-state index contributed by atoms with van der Waals surface area (Å²) in [5, 5.41) is 8.89. The fourth-order valence-corrected chi connectivity index (χ4v) is 2.28. The zero-order valence-corrected chi connectivity index (χ0v) is 12.3. The zero-order chi connectivity index (χ0) is 13.7. The van der Waals surface area contributed by atoms with Gasteiger partial charge in [0, 0.05) is 44.8 Å². The molecule has 1 amide bonds.